The van der Waals surface area contributed by atoms with Crippen LogP contribution in [0.2, 0.25) is 5.02 Å². The summed E-state index contributed by atoms with van der Waals surface area (Å²) in [6.07, 6.45) is 5.15. The molecule has 0 unspecified atom stereocenters. The lowest BCUT2D eigenvalue weighted by Crippen LogP contribution is -2.36. The number of methoxy groups -OCH3 is 1. The fourth-order valence-corrected chi connectivity index (χ4v) is 3.45. The van der Waals surface area contributed by atoms with Crippen molar-refractivity contribution >= 4 is 17.6 Å². The van der Waals surface area contributed by atoms with Gasteiger partial charge in [0.2, 0.25) is 0 Å². The fourth-order valence-electron chi connectivity index (χ4n) is 3.19. The Morgan fingerprint density at radius 1 is 1.17 bits per heavy atom. The molecule has 0 fully saturated rings. The molecule has 0 saturated carbocycles. The number of nitrogens with zero attached hydrogens (tertiary/aromatic N) is 4. The molecule has 30 heavy (non-hydrogen) atoms. The summed E-state index contributed by atoms with van der Waals surface area (Å²) in [5, 5.41) is 7.98. The number of carbonyl (C=O) groups excluding carboxylic acids is 1. The van der Waals surface area contributed by atoms with Crippen LogP contribution in [-0.2, 0) is 0 Å². The van der Waals surface area contributed by atoms with Crippen LogP contribution in [-0.4, -0.2) is 59.0 Å². The quantitative estimate of drug-likeness (QED) is 0.584. The second-order valence-electron chi connectivity index (χ2n) is 6.68. The van der Waals surface area contributed by atoms with Gasteiger partial charge in [-0.05, 0) is 49.0 Å². The molecule has 0 aliphatic carbocycles. The highest BCUT2D eigenvalue weighted by molar-refractivity contribution is 6.32. The van der Waals surface area contributed by atoms with Crippen LogP contribution in [0.4, 0.5) is 4.79 Å². The van der Waals surface area contributed by atoms with Crippen molar-refractivity contribution in [3.05, 3.63) is 53.9 Å². The number of ether oxygens (including phenoxy) is 1. The minimum absolute atomic E-state index is 0.275. The summed E-state index contributed by atoms with van der Waals surface area (Å²) >= 11 is 6.32. The summed E-state index contributed by atoms with van der Waals surface area (Å²) in [7, 11) is 1.57. The zero-order valence-electron chi connectivity index (χ0n) is 17.4. The molecule has 7 nitrogen and oxygen atoms in total. The van der Waals surface area contributed by atoms with Gasteiger partial charge in [0, 0.05) is 42.8 Å². The number of likely N-dealkylation sites (N-methyl/N-ethyl adjacent to an activating group) is 1. The first-order valence-electron chi connectivity index (χ1n) is 9.91. The van der Waals surface area contributed by atoms with E-state index in [1.54, 1.807) is 37.8 Å². The molecule has 3 rings (SSSR count). The zero-order chi connectivity index (χ0) is 21.5. The molecule has 2 aromatic heterocycles. The Labute approximate surface area is 181 Å². The van der Waals surface area contributed by atoms with Gasteiger partial charge in [-0.1, -0.05) is 25.4 Å². The SMILES string of the molecule is CCN(CC)CCNC(=O)n1cc(-c2ccncc2)c(-c2ccc(OC)c(Cl)c2)n1. The lowest BCUT2D eigenvalue weighted by Gasteiger charge is -2.17. The van der Waals surface area contributed by atoms with Crippen LogP contribution < -0.4 is 10.1 Å². The minimum Gasteiger partial charge on any atom is -0.495 e. The first-order valence-corrected chi connectivity index (χ1v) is 10.3. The maximum absolute atomic E-state index is 12.7. The number of halogens is 1. The molecule has 0 saturated heterocycles. The van der Waals surface area contributed by atoms with Crippen LogP contribution in [0.5, 0.6) is 5.75 Å². The maximum atomic E-state index is 12.7. The van der Waals surface area contributed by atoms with Gasteiger partial charge in [-0.3, -0.25) is 4.98 Å². The summed E-state index contributed by atoms with van der Waals surface area (Å²) in [6.45, 7) is 7.44. The standard InChI is InChI=1S/C22H26ClN5O2/c1-4-27(5-2)13-12-25-22(29)28-15-18(16-8-10-24-11-9-16)21(26-28)17-6-7-20(30-3)19(23)14-17/h6-11,14-15H,4-5,12-13H2,1-3H3,(H,25,29). The van der Waals surface area contributed by atoms with Gasteiger partial charge >= 0.3 is 6.03 Å². The topological polar surface area (TPSA) is 72.3 Å². The fraction of sp³-hybridized carbons (Fsp3) is 0.318. The molecule has 0 radical (unpaired) electrons. The number of carbonyl (C=O) groups is 1. The van der Waals surface area contributed by atoms with E-state index in [9.17, 15) is 4.79 Å². The average Bonchev–Trinajstić information content (AvgIpc) is 3.23. The second kappa shape index (κ2) is 10.2. The molecular weight excluding hydrogens is 402 g/mol. The van der Waals surface area contributed by atoms with E-state index in [1.807, 2.05) is 18.2 Å². The molecule has 158 valence electrons. The van der Waals surface area contributed by atoms with Gasteiger partial charge in [0.25, 0.3) is 0 Å². The molecule has 8 heteroatoms. The summed E-state index contributed by atoms with van der Waals surface area (Å²) in [5.74, 6) is 0.583. The highest BCUT2D eigenvalue weighted by atomic mass is 35.5. The molecular formula is C22H26ClN5O2. The largest absolute Gasteiger partial charge is 0.495 e. The van der Waals surface area contributed by atoms with Gasteiger partial charge in [0.15, 0.2) is 0 Å². The Morgan fingerprint density at radius 2 is 1.90 bits per heavy atom. The monoisotopic (exact) mass is 427 g/mol. The first-order chi connectivity index (χ1) is 14.6. The first kappa shape index (κ1) is 21.8. The maximum Gasteiger partial charge on any atom is 0.342 e. The molecule has 1 N–H and O–H groups in total. The molecule has 1 amide bonds. The van der Waals surface area contributed by atoms with E-state index in [-0.39, 0.29) is 6.03 Å². The zero-order valence-corrected chi connectivity index (χ0v) is 18.2. The normalized spacial score (nSPS) is 11.0. The molecule has 0 aliphatic heterocycles. The molecule has 0 spiro atoms. The third kappa shape index (κ3) is 4.98. The lowest BCUT2D eigenvalue weighted by atomic mass is 10.0. The molecule has 0 atom stereocenters. The van der Waals surface area contributed by atoms with E-state index in [0.29, 0.717) is 23.0 Å². The Balaban J connectivity index is 1.91. The number of nitrogens with one attached hydrogen (secondary N) is 1. The summed E-state index contributed by atoms with van der Waals surface area (Å²) < 4.78 is 6.58. The van der Waals surface area contributed by atoms with Crippen molar-refractivity contribution in [2.24, 2.45) is 0 Å². The third-order valence-corrected chi connectivity index (χ3v) is 5.23. The number of hydrogen-bond acceptors (Lipinski definition) is 5. The Hall–Kier alpha value is -2.90. The van der Waals surface area contributed by atoms with Gasteiger partial charge in [-0.25, -0.2) is 4.79 Å². The van der Waals surface area contributed by atoms with E-state index < -0.39 is 0 Å². The summed E-state index contributed by atoms with van der Waals surface area (Å²) in [6, 6.07) is 8.94. The highest BCUT2D eigenvalue weighted by Crippen LogP contribution is 2.34. The predicted octanol–water partition coefficient (Wildman–Crippen LogP) is 4.17. The number of aromatic nitrogens is 3. The number of hydrogen-bond donors (Lipinski definition) is 1. The molecule has 0 bridgehead atoms. The number of benzene rings is 1. The lowest BCUT2D eigenvalue weighted by molar-refractivity contribution is 0.235. The van der Waals surface area contributed by atoms with Crippen molar-refractivity contribution in [2.75, 3.05) is 33.3 Å². The van der Waals surface area contributed by atoms with Crippen molar-refractivity contribution in [1.29, 1.82) is 0 Å². The van der Waals surface area contributed by atoms with E-state index in [0.717, 1.165) is 36.3 Å². The highest BCUT2D eigenvalue weighted by Gasteiger charge is 2.17. The van der Waals surface area contributed by atoms with Crippen molar-refractivity contribution in [3.63, 3.8) is 0 Å². The average molecular weight is 428 g/mol. The van der Waals surface area contributed by atoms with Crippen LogP contribution in [0.15, 0.2) is 48.9 Å². The second-order valence-corrected chi connectivity index (χ2v) is 7.09. The third-order valence-electron chi connectivity index (χ3n) is 4.94. The van der Waals surface area contributed by atoms with Crippen LogP contribution in [0.3, 0.4) is 0 Å². The molecule has 2 heterocycles. The summed E-state index contributed by atoms with van der Waals surface area (Å²) in [4.78, 5) is 19.0. The van der Waals surface area contributed by atoms with Crippen molar-refractivity contribution in [3.8, 4) is 28.1 Å². The van der Waals surface area contributed by atoms with Crippen LogP contribution in [0, 0.1) is 0 Å². The van der Waals surface area contributed by atoms with Gasteiger partial charge < -0.3 is 15.0 Å². The Bertz CT molecular complexity index is 986. The van der Waals surface area contributed by atoms with E-state index in [2.05, 4.69) is 34.1 Å². The number of rotatable bonds is 8. The van der Waals surface area contributed by atoms with Gasteiger partial charge in [-0.15, -0.1) is 0 Å². The van der Waals surface area contributed by atoms with Gasteiger partial charge in [0.1, 0.15) is 11.4 Å². The molecule has 1 aromatic carbocycles. The van der Waals surface area contributed by atoms with Crippen molar-refractivity contribution in [2.45, 2.75) is 13.8 Å². The molecule has 3 aromatic rings. The van der Waals surface area contributed by atoms with Gasteiger partial charge in [-0.2, -0.15) is 9.78 Å². The predicted molar refractivity (Wildman–Crippen MR) is 119 cm³/mol. The molecule has 0 aliphatic rings. The minimum atomic E-state index is -0.275. The van der Waals surface area contributed by atoms with Crippen molar-refractivity contribution < 1.29 is 9.53 Å². The van der Waals surface area contributed by atoms with Gasteiger partial charge in [0.05, 0.1) is 12.1 Å². The van der Waals surface area contributed by atoms with Crippen LogP contribution in [0.1, 0.15) is 13.8 Å². The van der Waals surface area contributed by atoms with Crippen LogP contribution in [0.25, 0.3) is 22.4 Å². The van der Waals surface area contributed by atoms with E-state index in [1.165, 1.54) is 4.68 Å². The Kier molecular flexibility index (Phi) is 7.43. The van der Waals surface area contributed by atoms with E-state index >= 15 is 0 Å². The Morgan fingerprint density at radius 3 is 2.53 bits per heavy atom. The number of pyridine rings is 1. The van der Waals surface area contributed by atoms with Crippen LogP contribution >= 0.6 is 11.6 Å². The van der Waals surface area contributed by atoms with Crippen molar-refractivity contribution in [1.82, 2.24) is 25.0 Å². The summed E-state index contributed by atoms with van der Waals surface area (Å²) in [5.41, 5.74) is 3.18. The number of amides is 1. The van der Waals surface area contributed by atoms with E-state index in [4.69, 9.17) is 16.3 Å². The smallest absolute Gasteiger partial charge is 0.342 e.